The zero-order valence-corrected chi connectivity index (χ0v) is 12.2. The lowest BCUT2D eigenvalue weighted by Gasteiger charge is -2.39. The van der Waals surface area contributed by atoms with Crippen LogP contribution in [0, 0.1) is 5.41 Å². The van der Waals surface area contributed by atoms with Gasteiger partial charge in [-0.25, -0.2) is 14.4 Å². The first-order chi connectivity index (χ1) is 11.2. The maximum atomic E-state index is 12.0. The summed E-state index contributed by atoms with van der Waals surface area (Å²) < 4.78 is 0.696. The number of carbonyl (C=O) groups is 3. The SMILES string of the molecule is NC1=NC(=O)NCC1(CC(=O)O)C(C(=O)O)n1ccc(N)nc1=O. The lowest BCUT2D eigenvalue weighted by atomic mass is 9.74. The highest BCUT2D eigenvalue weighted by atomic mass is 16.4. The van der Waals surface area contributed by atoms with Crippen molar-refractivity contribution in [3.63, 3.8) is 0 Å². The number of hydrogen-bond acceptors (Lipinski definition) is 7. The molecule has 0 saturated heterocycles. The van der Waals surface area contributed by atoms with Crippen LogP contribution in [-0.4, -0.2) is 50.1 Å². The number of carbonyl (C=O) groups excluding carboxylic acids is 1. The van der Waals surface area contributed by atoms with Crippen molar-refractivity contribution in [1.29, 1.82) is 0 Å². The minimum Gasteiger partial charge on any atom is -0.481 e. The second kappa shape index (κ2) is 5.98. The summed E-state index contributed by atoms with van der Waals surface area (Å²) >= 11 is 0. The summed E-state index contributed by atoms with van der Waals surface area (Å²) in [7, 11) is 0. The number of aliphatic carboxylic acids is 2. The van der Waals surface area contributed by atoms with Crippen molar-refractivity contribution >= 4 is 29.6 Å². The van der Waals surface area contributed by atoms with E-state index in [0.29, 0.717) is 4.57 Å². The molecule has 2 heterocycles. The standard InChI is InChI=1S/C12H14N6O6/c13-5-1-2-18(11(24)16-5)7(8(21)22)12(3-6(19)20)4-15-10(23)17-9(12)14/h1-2,7H,3-4H2,(H,19,20)(H,21,22)(H2,13,16,24)(H3,14,15,17,23). The predicted molar refractivity (Wildman–Crippen MR) is 79.3 cm³/mol. The van der Waals surface area contributed by atoms with E-state index < -0.39 is 53.9 Å². The topological polar surface area (TPSA) is 203 Å². The molecule has 12 heteroatoms. The average molecular weight is 338 g/mol. The van der Waals surface area contributed by atoms with Gasteiger partial charge in [-0.05, 0) is 6.07 Å². The maximum absolute atomic E-state index is 12.0. The van der Waals surface area contributed by atoms with Gasteiger partial charge in [-0.1, -0.05) is 0 Å². The molecular weight excluding hydrogens is 324 g/mol. The number of aliphatic imine (C=N–C) groups is 1. The molecule has 2 atom stereocenters. The summed E-state index contributed by atoms with van der Waals surface area (Å²) in [6.07, 6.45) is 0.285. The van der Waals surface area contributed by atoms with Gasteiger partial charge in [-0.3, -0.25) is 9.36 Å². The van der Waals surface area contributed by atoms with Crippen molar-refractivity contribution in [2.75, 3.05) is 12.3 Å². The Morgan fingerprint density at radius 2 is 2.04 bits per heavy atom. The molecule has 2 amide bonds. The summed E-state index contributed by atoms with van der Waals surface area (Å²) in [6, 6.07) is -1.42. The van der Waals surface area contributed by atoms with Crippen LogP contribution in [0.15, 0.2) is 22.1 Å². The molecule has 2 rings (SSSR count). The lowest BCUT2D eigenvalue weighted by Crippen LogP contribution is -2.59. The van der Waals surface area contributed by atoms with Crippen LogP contribution < -0.4 is 22.5 Å². The van der Waals surface area contributed by atoms with Crippen LogP contribution in [0.3, 0.4) is 0 Å². The van der Waals surface area contributed by atoms with E-state index in [1.54, 1.807) is 0 Å². The van der Waals surface area contributed by atoms with Crippen molar-refractivity contribution in [3.8, 4) is 0 Å². The van der Waals surface area contributed by atoms with Crippen molar-refractivity contribution in [2.45, 2.75) is 12.5 Å². The van der Waals surface area contributed by atoms with Crippen molar-refractivity contribution in [2.24, 2.45) is 16.1 Å². The Labute approximate surface area is 133 Å². The first-order valence-electron chi connectivity index (χ1n) is 6.59. The Kier molecular flexibility index (Phi) is 4.22. The number of aromatic nitrogens is 2. The number of amidine groups is 1. The van der Waals surface area contributed by atoms with Gasteiger partial charge in [0.2, 0.25) is 0 Å². The minimum atomic E-state index is -1.85. The molecule has 24 heavy (non-hydrogen) atoms. The fraction of sp³-hybridized carbons (Fsp3) is 0.333. The molecule has 0 radical (unpaired) electrons. The highest BCUT2D eigenvalue weighted by Crippen LogP contribution is 2.37. The van der Waals surface area contributed by atoms with Crippen molar-refractivity contribution in [3.05, 3.63) is 22.7 Å². The maximum Gasteiger partial charge on any atom is 0.350 e. The molecule has 0 saturated carbocycles. The van der Waals surface area contributed by atoms with Crippen LogP contribution in [0.25, 0.3) is 0 Å². The largest absolute Gasteiger partial charge is 0.481 e. The zero-order chi connectivity index (χ0) is 18.1. The van der Waals surface area contributed by atoms with Crippen LogP contribution in [0.1, 0.15) is 12.5 Å². The number of nitrogens with one attached hydrogen (secondary N) is 1. The van der Waals surface area contributed by atoms with Crippen LogP contribution in [0.2, 0.25) is 0 Å². The number of hydrogen-bond donors (Lipinski definition) is 5. The fourth-order valence-corrected chi connectivity index (χ4v) is 2.58. The van der Waals surface area contributed by atoms with E-state index in [1.165, 1.54) is 6.07 Å². The van der Waals surface area contributed by atoms with Crippen LogP contribution in [-0.2, 0) is 9.59 Å². The minimum absolute atomic E-state index is 0.133. The van der Waals surface area contributed by atoms with Gasteiger partial charge in [0.05, 0.1) is 11.8 Å². The van der Waals surface area contributed by atoms with E-state index in [0.717, 1.165) is 6.20 Å². The second-order valence-electron chi connectivity index (χ2n) is 5.17. The first-order valence-corrected chi connectivity index (χ1v) is 6.59. The van der Waals surface area contributed by atoms with Gasteiger partial charge >= 0.3 is 23.7 Å². The number of nitrogen functional groups attached to an aromatic ring is 1. The number of rotatable bonds is 5. The molecular formula is C12H14N6O6. The third-order valence-electron chi connectivity index (χ3n) is 3.64. The van der Waals surface area contributed by atoms with E-state index in [9.17, 15) is 24.3 Å². The molecule has 0 spiro atoms. The van der Waals surface area contributed by atoms with Gasteiger partial charge in [0.25, 0.3) is 0 Å². The monoisotopic (exact) mass is 338 g/mol. The number of nitrogens with two attached hydrogens (primary N) is 2. The van der Waals surface area contributed by atoms with Gasteiger partial charge < -0.3 is 27.0 Å². The molecule has 1 aromatic heterocycles. The van der Waals surface area contributed by atoms with Gasteiger partial charge in [0.15, 0.2) is 6.04 Å². The Hall–Kier alpha value is -3.44. The predicted octanol–water partition coefficient (Wildman–Crippen LogP) is -2.01. The van der Waals surface area contributed by atoms with Gasteiger partial charge in [0.1, 0.15) is 11.7 Å². The van der Waals surface area contributed by atoms with Gasteiger partial charge in [-0.2, -0.15) is 9.98 Å². The second-order valence-corrected chi connectivity index (χ2v) is 5.17. The Bertz CT molecular complexity index is 801. The third-order valence-corrected chi connectivity index (χ3v) is 3.64. The number of urea groups is 1. The van der Waals surface area contributed by atoms with E-state index in [-0.39, 0.29) is 5.82 Å². The molecule has 0 aliphatic carbocycles. The molecule has 1 aromatic rings. The smallest absolute Gasteiger partial charge is 0.350 e. The number of carboxylic acids is 2. The molecule has 1 aliphatic rings. The van der Waals surface area contributed by atoms with Crippen LogP contribution >= 0.6 is 0 Å². The Morgan fingerprint density at radius 1 is 1.38 bits per heavy atom. The molecule has 1 aliphatic heterocycles. The fourth-order valence-electron chi connectivity index (χ4n) is 2.58. The summed E-state index contributed by atoms with van der Waals surface area (Å²) in [6.45, 7) is -0.429. The average Bonchev–Trinajstić information content (AvgIpc) is 2.45. The van der Waals surface area contributed by atoms with Crippen molar-refractivity contribution in [1.82, 2.24) is 14.9 Å². The van der Waals surface area contributed by atoms with Crippen LogP contribution in [0.5, 0.6) is 0 Å². The van der Waals surface area contributed by atoms with Crippen molar-refractivity contribution < 1.29 is 24.6 Å². The molecule has 0 fully saturated rings. The van der Waals surface area contributed by atoms with Crippen LogP contribution in [0.4, 0.5) is 10.6 Å². The zero-order valence-electron chi connectivity index (χ0n) is 12.2. The lowest BCUT2D eigenvalue weighted by molar-refractivity contribution is -0.146. The molecule has 12 nitrogen and oxygen atoms in total. The third kappa shape index (κ3) is 2.88. The summed E-state index contributed by atoms with van der Waals surface area (Å²) in [5.41, 5.74) is 8.22. The molecule has 2 unspecified atom stereocenters. The van der Waals surface area contributed by atoms with Gasteiger partial charge in [-0.15, -0.1) is 0 Å². The molecule has 0 bridgehead atoms. The summed E-state index contributed by atoms with van der Waals surface area (Å²) in [4.78, 5) is 53.3. The molecule has 0 aromatic carbocycles. The van der Waals surface area contributed by atoms with E-state index >= 15 is 0 Å². The Morgan fingerprint density at radius 3 is 2.54 bits per heavy atom. The quantitative estimate of drug-likeness (QED) is 0.402. The number of nitrogens with zero attached hydrogens (tertiary/aromatic N) is 3. The number of amides is 2. The highest BCUT2D eigenvalue weighted by molar-refractivity contribution is 6.03. The normalized spacial score (nSPS) is 21.5. The van der Waals surface area contributed by atoms with E-state index in [2.05, 4.69) is 15.3 Å². The number of carboxylic acid groups (broad SMARTS) is 2. The molecule has 128 valence electrons. The number of anilines is 1. The van der Waals surface area contributed by atoms with E-state index in [1.807, 2.05) is 0 Å². The molecule has 7 N–H and O–H groups in total. The van der Waals surface area contributed by atoms with E-state index in [4.69, 9.17) is 16.6 Å². The summed E-state index contributed by atoms with van der Waals surface area (Å²) in [5, 5.41) is 21.0. The van der Waals surface area contributed by atoms with Gasteiger partial charge in [0, 0.05) is 12.7 Å². The first kappa shape index (κ1) is 16.9. The summed E-state index contributed by atoms with van der Waals surface area (Å²) in [5.74, 6) is -3.55. The highest BCUT2D eigenvalue weighted by Gasteiger charge is 2.52. The Balaban J connectivity index is 2.70.